The largest absolute Gasteiger partial charge is 0.380 e. The fourth-order valence-corrected chi connectivity index (χ4v) is 2.45. The summed E-state index contributed by atoms with van der Waals surface area (Å²) >= 11 is 6.07. The molecular weight excluding hydrogens is 222 g/mol. The van der Waals surface area contributed by atoms with E-state index in [1.807, 2.05) is 0 Å². The van der Waals surface area contributed by atoms with Gasteiger partial charge in [0.1, 0.15) is 0 Å². The smallest absolute Gasteiger partial charge is 0.0590 e. The first-order valence-electron chi connectivity index (χ1n) is 6.61. The highest BCUT2D eigenvalue weighted by molar-refractivity contribution is 6.20. The average molecular weight is 248 g/mol. The number of hydrogen-bond donors (Lipinski definition) is 1. The van der Waals surface area contributed by atoms with Crippen LogP contribution in [0.4, 0.5) is 0 Å². The fraction of sp³-hybridized carbons (Fsp3) is 1.00. The van der Waals surface area contributed by atoms with Gasteiger partial charge in [-0.2, -0.15) is 0 Å². The molecule has 0 spiro atoms. The zero-order chi connectivity index (χ0) is 11.8. The fourth-order valence-electron chi connectivity index (χ4n) is 2.07. The van der Waals surface area contributed by atoms with Gasteiger partial charge < -0.3 is 10.1 Å². The topological polar surface area (TPSA) is 21.3 Å². The van der Waals surface area contributed by atoms with Crippen molar-refractivity contribution in [2.24, 2.45) is 11.8 Å². The molecule has 0 aliphatic heterocycles. The van der Waals surface area contributed by atoms with Crippen LogP contribution in [0.25, 0.3) is 0 Å². The number of alkyl halides is 1. The van der Waals surface area contributed by atoms with Crippen molar-refractivity contribution in [2.45, 2.75) is 44.9 Å². The highest BCUT2D eigenvalue weighted by Crippen LogP contribution is 2.28. The van der Waals surface area contributed by atoms with E-state index < -0.39 is 0 Å². The Bertz CT molecular complexity index is 175. The van der Waals surface area contributed by atoms with Crippen LogP contribution in [-0.2, 0) is 4.74 Å². The van der Waals surface area contributed by atoms with Crippen molar-refractivity contribution in [3.8, 4) is 0 Å². The lowest BCUT2D eigenvalue weighted by atomic mass is 10.1. The van der Waals surface area contributed by atoms with Crippen LogP contribution < -0.4 is 5.32 Å². The van der Waals surface area contributed by atoms with E-state index in [0.29, 0.717) is 5.38 Å². The molecule has 1 rings (SSSR count). The Labute approximate surface area is 105 Å². The van der Waals surface area contributed by atoms with E-state index >= 15 is 0 Å². The Morgan fingerprint density at radius 1 is 1.31 bits per heavy atom. The predicted octanol–water partition coefficient (Wildman–Crippen LogP) is 3.05. The van der Waals surface area contributed by atoms with Crippen molar-refractivity contribution in [1.29, 1.82) is 0 Å². The number of hydrogen-bond acceptors (Lipinski definition) is 2. The molecule has 0 aromatic rings. The molecule has 0 amide bonds. The van der Waals surface area contributed by atoms with Crippen molar-refractivity contribution in [1.82, 2.24) is 5.32 Å². The molecule has 0 saturated heterocycles. The average Bonchev–Trinajstić information content (AvgIpc) is 2.62. The zero-order valence-electron chi connectivity index (χ0n) is 10.7. The summed E-state index contributed by atoms with van der Waals surface area (Å²) in [5.74, 6) is 1.53. The van der Waals surface area contributed by atoms with Gasteiger partial charge in [0, 0.05) is 18.5 Å². The first-order chi connectivity index (χ1) is 7.68. The van der Waals surface area contributed by atoms with Gasteiger partial charge in [0.25, 0.3) is 0 Å². The summed E-state index contributed by atoms with van der Waals surface area (Å²) in [5, 5.41) is 3.88. The number of ether oxygens (including phenoxy) is 1. The lowest BCUT2D eigenvalue weighted by Gasteiger charge is -2.11. The number of nitrogens with one attached hydrogen (secondary N) is 1. The second-order valence-corrected chi connectivity index (χ2v) is 5.89. The maximum atomic E-state index is 6.07. The van der Waals surface area contributed by atoms with Crippen LogP contribution in [0.5, 0.6) is 0 Å². The molecule has 0 heterocycles. The number of halogens is 1. The highest BCUT2D eigenvalue weighted by Gasteiger charge is 2.21. The highest BCUT2D eigenvalue weighted by atomic mass is 35.5. The third-order valence-corrected chi connectivity index (χ3v) is 3.57. The third-order valence-electron chi connectivity index (χ3n) is 3.17. The lowest BCUT2D eigenvalue weighted by Crippen LogP contribution is -2.25. The Kier molecular flexibility index (Phi) is 7.42. The molecule has 0 aromatic carbocycles. The van der Waals surface area contributed by atoms with E-state index in [0.717, 1.165) is 44.6 Å². The molecule has 2 atom stereocenters. The molecule has 1 saturated carbocycles. The van der Waals surface area contributed by atoms with Gasteiger partial charge in [0.15, 0.2) is 0 Å². The van der Waals surface area contributed by atoms with Gasteiger partial charge in [-0.1, -0.05) is 13.8 Å². The zero-order valence-corrected chi connectivity index (χ0v) is 11.4. The maximum absolute atomic E-state index is 6.07. The first kappa shape index (κ1) is 14.3. The standard InChI is InChI=1S/C13H26ClNO/c1-11(2)5-7-16-8-6-15-10-12-3-4-13(14)9-12/h11-13,15H,3-10H2,1-2H3. The van der Waals surface area contributed by atoms with Crippen molar-refractivity contribution >= 4 is 11.6 Å². The Morgan fingerprint density at radius 3 is 2.75 bits per heavy atom. The third kappa shape index (κ3) is 6.72. The van der Waals surface area contributed by atoms with Crippen LogP contribution >= 0.6 is 11.6 Å². The molecule has 1 aliphatic rings. The van der Waals surface area contributed by atoms with E-state index in [2.05, 4.69) is 19.2 Å². The van der Waals surface area contributed by atoms with E-state index in [9.17, 15) is 0 Å². The van der Waals surface area contributed by atoms with Crippen LogP contribution in [0.2, 0.25) is 0 Å². The monoisotopic (exact) mass is 247 g/mol. The summed E-state index contributed by atoms with van der Waals surface area (Å²) < 4.78 is 5.54. The van der Waals surface area contributed by atoms with Crippen molar-refractivity contribution in [3.05, 3.63) is 0 Å². The molecule has 96 valence electrons. The lowest BCUT2D eigenvalue weighted by molar-refractivity contribution is 0.124. The molecule has 1 N–H and O–H groups in total. The predicted molar refractivity (Wildman–Crippen MR) is 70.1 cm³/mol. The van der Waals surface area contributed by atoms with Crippen LogP contribution in [0.3, 0.4) is 0 Å². The Morgan fingerprint density at radius 2 is 2.12 bits per heavy atom. The van der Waals surface area contributed by atoms with Gasteiger partial charge in [-0.15, -0.1) is 11.6 Å². The summed E-state index contributed by atoms with van der Waals surface area (Å²) in [5.41, 5.74) is 0. The van der Waals surface area contributed by atoms with Gasteiger partial charge in [-0.05, 0) is 44.1 Å². The minimum atomic E-state index is 0.425. The molecule has 0 bridgehead atoms. The maximum Gasteiger partial charge on any atom is 0.0590 e. The van der Waals surface area contributed by atoms with Crippen molar-refractivity contribution < 1.29 is 4.74 Å². The molecule has 0 radical (unpaired) electrons. The molecule has 3 heteroatoms. The molecule has 1 fully saturated rings. The molecule has 1 aliphatic carbocycles. The summed E-state index contributed by atoms with van der Waals surface area (Å²) in [6.07, 6.45) is 4.83. The van der Waals surface area contributed by atoms with Crippen molar-refractivity contribution in [3.63, 3.8) is 0 Å². The van der Waals surface area contributed by atoms with E-state index in [1.54, 1.807) is 0 Å². The molecule has 0 aromatic heterocycles. The van der Waals surface area contributed by atoms with E-state index in [4.69, 9.17) is 16.3 Å². The van der Waals surface area contributed by atoms with E-state index in [1.165, 1.54) is 19.3 Å². The van der Waals surface area contributed by atoms with Crippen LogP contribution in [-0.4, -0.2) is 31.7 Å². The molecular formula is C13H26ClNO. The van der Waals surface area contributed by atoms with Gasteiger partial charge >= 0.3 is 0 Å². The normalized spacial score (nSPS) is 25.5. The van der Waals surface area contributed by atoms with Gasteiger partial charge in [0.05, 0.1) is 6.61 Å². The molecule has 2 unspecified atom stereocenters. The van der Waals surface area contributed by atoms with E-state index in [-0.39, 0.29) is 0 Å². The summed E-state index contributed by atoms with van der Waals surface area (Å²) in [6.45, 7) is 8.27. The van der Waals surface area contributed by atoms with Crippen LogP contribution in [0.1, 0.15) is 39.5 Å². The quantitative estimate of drug-likeness (QED) is 0.526. The van der Waals surface area contributed by atoms with Crippen LogP contribution in [0.15, 0.2) is 0 Å². The Hall–Kier alpha value is 0.210. The second-order valence-electron chi connectivity index (χ2n) is 5.28. The minimum Gasteiger partial charge on any atom is -0.380 e. The Balaban J connectivity index is 1.81. The van der Waals surface area contributed by atoms with Gasteiger partial charge in [-0.3, -0.25) is 0 Å². The molecule has 2 nitrogen and oxygen atoms in total. The SMILES string of the molecule is CC(C)CCOCCNCC1CCC(Cl)C1. The van der Waals surface area contributed by atoms with Crippen LogP contribution in [0, 0.1) is 11.8 Å². The first-order valence-corrected chi connectivity index (χ1v) is 7.04. The second kappa shape index (κ2) is 8.32. The van der Waals surface area contributed by atoms with Gasteiger partial charge in [-0.25, -0.2) is 0 Å². The van der Waals surface area contributed by atoms with Gasteiger partial charge in [0.2, 0.25) is 0 Å². The summed E-state index contributed by atoms with van der Waals surface area (Å²) in [4.78, 5) is 0. The number of rotatable bonds is 8. The summed E-state index contributed by atoms with van der Waals surface area (Å²) in [7, 11) is 0. The summed E-state index contributed by atoms with van der Waals surface area (Å²) in [6, 6.07) is 0. The minimum absolute atomic E-state index is 0.425. The van der Waals surface area contributed by atoms with Crippen molar-refractivity contribution in [2.75, 3.05) is 26.3 Å². The molecule has 16 heavy (non-hydrogen) atoms.